The summed E-state index contributed by atoms with van der Waals surface area (Å²) in [4.78, 5) is 26.1. The van der Waals surface area contributed by atoms with Crippen molar-refractivity contribution in [2.45, 2.75) is 44.8 Å². The van der Waals surface area contributed by atoms with Crippen molar-refractivity contribution in [3.63, 3.8) is 0 Å². The fraction of sp³-hybridized carbons (Fsp3) is 0.400. The maximum absolute atomic E-state index is 12.9. The highest BCUT2D eigenvalue weighted by molar-refractivity contribution is 6.14. The largest absolute Gasteiger partial charge is 0.445 e. The smallest absolute Gasteiger partial charge is 0.259 e. The molecule has 4 heterocycles. The van der Waals surface area contributed by atoms with Gasteiger partial charge < -0.3 is 19.8 Å². The number of ether oxygens (including phenoxy) is 1. The molecule has 2 N–H and O–H groups in total. The van der Waals surface area contributed by atoms with Gasteiger partial charge in [0.1, 0.15) is 24.0 Å². The molecule has 1 amide bonds. The van der Waals surface area contributed by atoms with E-state index in [2.05, 4.69) is 32.5 Å². The van der Waals surface area contributed by atoms with Gasteiger partial charge in [-0.05, 0) is 38.8 Å². The molecule has 1 saturated carbocycles. The van der Waals surface area contributed by atoms with Crippen LogP contribution in [0.1, 0.15) is 54.2 Å². The highest BCUT2D eigenvalue weighted by atomic mass is 16.5. The van der Waals surface area contributed by atoms with E-state index in [-0.39, 0.29) is 17.6 Å². The normalized spacial score (nSPS) is 19.9. The van der Waals surface area contributed by atoms with Crippen molar-refractivity contribution >= 4 is 28.5 Å². The van der Waals surface area contributed by atoms with Crippen molar-refractivity contribution in [3.05, 3.63) is 41.7 Å². The Kier molecular flexibility index (Phi) is 3.83. The number of carbonyl (C=O) groups is 1. The predicted molar refractivity (Wildman–Crippen MR) is 103 cm³/mol. The number of amides is 1. The van der Waals surface area contributed by atoms with E-state index in [1.54, 1.807) is 13.1 Å². The van der Waals surface area contributed by atoms with Crippen molar-refractivity contribution in [2.24, 2.45) is 0 Å². The summed E-state index contributed by atoms with van der Waals surface area (Å²) < 4.78 is 11.0. The van der Waals surface area contributed by atoms with E-state index in [0.29, 0.717) is 34.0 Å². The van der Waals surface area contributed by atoms with Gasteiger partial charge in [0, 0.05) is 12.0 Å². The van der Waals surface area contributed by atoms with Gasteiger partial charge in [-0.2, -0.15) is 4.98 Å². The van der Waals surface area contributed by atoms with Crippen LogP contribution < -0.4 is 10.6 Å². The van der Waals surface area contributed by atoms with E-state index in [9.17, 15) is 4.79 Å². The van der Waals surface area contributed by atoms with Gasteiger partial charge in [0.15, 0.2) is 0 Å². The highest BCUT2D eigenvalue weighted by Gasteiger charge is 2.38. The number of fused-ring (bicyclic) bond motifs is 1. The van der Waals surface area contributed by atoms with Gasteiger partial charge in [-0.3, -0.25) is 9.78 Å². The third-order valence-electron chi connectivity index (χ3n) is 5.28. The van der Waals surface area contributed by atoms with Crippen LogP contribution in [0.25, 0.3) is 11.1 Å². The van der Waals surface area contributed by atoms with Crippen molar-refractivity contribution in [1.82, 2.24) is 15.0 Å². The molecule has 3 aromatic rings. The lowest BCUT2D eigenvalue weighted by atomic mass is 10.1. The molecule has 144 valence electrons. The topological polar surface area (TPSA) is 102 Å². The fourth-order valence-corrected chi connectivity index (χ4v) is 3.24. The number of hydrogen-bond donors (Lipinski definition) is 2. The molecule has 1 aliphatic heterocycles. The Balaban J connectivity index is 1.42. The number of carbonyl (C=O) groups excluding carboxylic acids is 1. The number of furan rings is 1. The number of nitrogens with one attached hydrogen (secondary N) is 2. The predicted octanol–water partition coefficient (Wildman–Crippen LogP) is 3.60. The third kappa shape index (κ3) is 3.09. The first kappa shape index (κ1) is 17.1. The van der Waals surface area contributed by atoms with Crippen LogP contribution in [-0.2, 0) is 4.74 Å². The van der Waals surface area contributed by atoms with Crippen molar-refractivity contribution in [2.75, 3.05) is 17.2 Å². The molecule has 8 nitrogen and oxygen atoms in total. The zero-order chi connectivity index (χ0) is 19.3. The molecule has 28 heavy (non-hydrogen) atoms. The average Bonchev–Trinajstić information content (AvgIpc) is 3.17. The maximum Gasteiger partial charge on any atom is 0.259 e. The van der Waals surface area contributed by atoms with Crippen LogP contribution in [0.4, 0.5) is 11.5 Å². The van der Waals surface area contributed by atoms with Crippen LogP contribution in [0.15, 0.2) is 29.0 Å². The molecule has 8 heteroatoms. The van der Waals surface area contributed by atoms with Crippen LogP contribution in [0.3, 0.4) is 0 Å². The third-order valence-corrected chi connectivity index (χ3v) is 5.28. The summed E-state index contributed by atoms with van der Waals surface area (Å²) in [6.45, 7) is 4.71. The van der Waals surface area contributed by atoms with E-state index in [4.69, 9.17) is 9.15 Å². The number of nitrogens with zero attached hydrogens (tertiary/aromatic N) is 3. The molecule has 2 aliphatic rings. The summed E-state index contributed by atoms with van der Waals surface area (Å²) in [5.41, 5.74) is 2.31. The van der Waals surface area contributed by atoms with Crippen LogP contribution in [0, 0.1) is 6.92 Å². The molecule has 0 aromatic carbocycles. The molecule has 1 saturated heterocycles. The van der Waals surface area contributed by atoms with Crippen LogP contribution in [0.2, 0.25) is 0 Å². The molecule has 0 spiro atoms. The summed E-state index contributed by atoms with van der Waals surface area (Å²) in [6.07, 6.45) is 6.26. The van der Waals surface area contributed by atoms with Gasteiger partial charge >= 0.3 is 0 Å². The summed E-state index contributed by atoms with van der Waals surface area (Å²) in [5.74, 6) is 0.945. The summed E-state index contributed by atoms with van der Waals surface area (Å²) in [5, 5.41) is 6.91. The first-order valence-corrected chi connectivity index (χ1v) is 9.44. The Hall–Kier alpha value is -3.00. The Morgan fingerprint density at radius 1 is 1.29 bits per heavy atom. The van der Waals surface area contributed by atoms with Crippen molar-refractivity contribution < 1.29 is 13.9 Å². The molecule has 0 radical (unpaired) electrons. The minimum absolute atomic E-state index is 0.0160. The van der Waals surface area contributed by atoms with Crippen molar-refractivity contribution in [3.8, 4) is 0 Å². The average molecular weight is 379 g/mol. The second kappa shape index (κ2) is 6.27. The molecule has 1 atom stereocenters. The van der Waals surface area contributed by atoms with Crippen LogP contribution in [-0.4, -0.2) is 33.0 Å². The fourth-order valence-electron chi connectivity index (χ4n) is 3.24. The molecular weight excluding hydrogens is 358 g/mol. The van der Waals surface area contributed by atoms with E-state index in [0.717, 1.165) is 31.6 Å². The van der Waals surface area contributed by atoms with E-state index >= 15 is 0 Å². The number of anilines is 2. The standard InChI is InChI=1S/C20H21N5O3/c1-11-22-17(25-20(2)6-7-20)16-13(10-28-19(16)23-11)18(26)24-12-3-4-14(21-9-12)15-5-8-27-15/h3-4,9-10,15H,5-8H2,1-2H3,(H,24,26)(H,22,23,25). The van der Waals surface area contributed by atoms with E-state index in [1.165, 1.54) is 6.26 Å². The lowest BCUT2D eigenvalue weighted by Crippen LogP contribution is -2.20. The molecule has 1 aliphatic carbocycles. The minimum atomic E-state index is -0.287. The van der Waals surface area contributed by atoms with Crippen molar-refractivity contribution in [1.29, 1.82) is 0 Å². The highest BCUT2D eigenvalue weighted by Crippen LogP contribution is 2.40. The molecule has 0 bridgehead atoms. The molecule has 5 rings (SSSR count). The van der Waals surface area contributed by atoms with E-state index in [1.807, 2.05) is 12.1 Å². The van der Waals surface area contributed by atoms with Gasteiger partial charge in [0.25, 0.3) is 5.91 Å². The Morgan fingerprint density at radius 3 is 2.75 bits per heavy atom. The number of pyridine rings is 1. The van der Waals surface area contributed by atoms with Crippen LogP contribution >= 0.6 is 0 Å². The Bertz CT molecular complexity index is 1050. The first-order chi connectivity index (χ1) is 13.5. The van der Waals surface area contributed by atoms with Gasteiger partial charge in [0.2, 0.25) is 5.71 Å². The lowest BCUT2D eigenvalue weighted by molar-refractivity contribution is -0.0552. The summed E-state index contributed by atoms with van der Waals surface area (Å²) >= 11 is 0. The second-order valence-electron chi connectivity index (χ2n) is 7.71. The Labute approximate surface area is 161 Å². The monoisotopic (exact) mass is 379 g/mol. The minimum Gasteiger partial charge on any atom is -0.445 e. The lowest BCUT2D eigenvalue weighted by Gasteiger charge is -2.25. The Morgan fingerprint density at radius 2 is 2.11 bits per heavy atom. The SMILES string of the molecule is Cc1nc(NC2(C)CC2)c2c(C(=O)Nc3ccc(C4CCO4)nc3)coc2n1. The molecule has 1 unspecified atom stereocenters. The number of aryl methyl sites for hydroxylation is 1. The number of rotatable bonds is 5. The zero-order valence-corrected chi connectivity index (χ0v) is 15.8. The van der Waals surface area contributed by atoms with E-state index < -0.39 is 0 Å². The molecule has 3 aromatic heterocycles. The van der Waals surface area contributed by atoms with Gasteiger partial charge in [0.05, 0.1) is 35.1 Å². The molecule has 2 fully saturated rings. The maximum atomic E-state index is 12.9. The molecular formula is C20H21N5O3. The summed E-state index contributed by atoms with van der Waals surface area (Å²) in [7, 11) is 0. The zero-order valence-electron chi connectivity index (χ0n) is 15.8. The number of aromatic nitrogens is 3. The second-order valence-corrected chi connectivity index (χ2v) is 7.71. The first-order valence-electron chi connectivity index (χ1n) is 9.44. The number of hydrogen-bond acceptors (Lipinski definition) is 7. The quantitative estimate of drug-likeness (QED) is 0.698. The summed E-state index contributed by atoms with van der Waals surface area (Å²) in [6, 6.07) is 3.70. The van der Waals surface area contributed by atoms with Gasteiger partial charge in [-0.1, -0.05) is 0 Å². The van der Waals surface area contributed by atoms with Crippen LogP contribution in [0.5, 0.6) is 0 Å². The van der Waals surface area contributed by atoms with Gasteiger partial charge in [-0.15, -0.1) is 0 Å². The van der Waals surface area contributed by atoms with Gasteiger partial charge in [-0.25, -0.2) is 4.98 Å².